The second kappa shape index (κ2) is 6.48. The molecule has 1 aromatic heterocycles. The minimum atomic E-state index is 0.0468. The molecular weight excluding hydrogens is 326 g/mol. The van der Waals surface area contributed by atoms with Gasteiger partial charge in [0.2, 0.25) is 0 Å². The Morgan fingerprint density at radius 3 is 2.83 bits per heavy atom. The molecule has 0 unspecified atom stereocenters. The van der Waals surface area contributed by atoms with Crippen LogP contribution in [0.2, 0.25) is 5.02 Å². The van der Waals surface area contributed by atoms with E-state index in [1.165, 1.54) is 0 Å². The van der Waals surface area contributed by atoms with Crippen LogP contribution < -0.4 is 4.74 Å². The zero-order valence-electron chi connectivity index (χ0n) is 13.4. The number of piperidine rings is 1. The fraction of sp³-hybridized carbons (Fsp3) is 0.444. The lowest BCUT2D eigenvalue weighted by molar-refractivity contribution is 0.0589. The zero-order valence-corrected chi connectivity index (χ0v) is 14.2. The summed E-state index contributed by atoms with van der Waals surface area (Å²) in [7, 11) is 0. The number of fused-ring (bicyclic) bond motifs is 1. The second-order valence-electron chi connectivity index (χ2n) is 6.42. The molecule has 0 atom stereocenters. The van der Waals surface area contributed by atoms with Crippen LogP contribution in [0.25, 0.3) is 0 Å². The Kier molecular flexibility index (Phi) is 4.19. The number of rotatable bonds is 3. The van der Waals surface area contributed by atoms with Crippen LogP contribution in [-0.4, -0.2) is 40.2 Å². The SMILES string of the molecule is O=C(c1n[nH]c2c1CCC2)N1CCC(Oc2ccccc2Cl)CC1. The number of aromatic amines is 1. The number of para-hydroxylation sites is 1. The standard InChI is InChI=1S/C18H20ClN3O2/c19-14-5-1-2-7-16(14)24-12-8-10-22(11-9-12)18(23)17-13-4-3-6-15(13)20-21-17/h1-2,5,7,12H,3-4,6,8-11H2,(H,20,21). The van der Waals surface area contributed by atoms with Crippen molar-refractivity contribution in [2.24, 2.45) is 0 Å². The molecule has 2 aromatic rings. The fourth-order valence-electron chi connectivity index (χ4n) is 3.54. The number of H-pyrrole nitrogens is 1. The molecule has 0 spiro atoms. The summed E-state index contributed by atoms with van der Waals surface area (Å²) in [6, 6.07) is 7.51. The molecule has 1 aromatic carbocycles. The molecule has 24 heavy (non-hydrogen) atoms. The quantitative estimate of drug-likeness (QED) is 0.929. The van der Waals surface area contributed by atoms with Crippen LogP contribution in [0.3, 0.4) is 0 Å². The van der Waals surface area contributed by atoms with Gasteiger partial charge in [-0.25, -0.2) is 0 Å². The molecule has 4 rings (SSSR count). The highest BCUT2D eigenvalue weighted by Crippen LogP contribution is 2.28. The lowest BCUT2D eigenvalue weighted by Crippen LogP contribution is -2.42. The molecule has 1 amide bonds. The molecule has 126 valence electrons. The van der Waals surface area contributed by atoms with Crippen molar-refractivity contribution in [2.75, 3.05) is 13.1 Å². The van der Waals surface area contributed by atoms with Gasteiger partial charge in [-0.1, -0.05) is 23.7 Å². The van der Waals surface area contributed by atoms with Gasteiger partial charge >= 0.3 is 0 Å². The van der Waals surface area contributed by atoms with E-state index in [4.69, 9.17) is 16.3 Å². The van der Waals surface area contributed by atoms with Gasteiger partial charge in [-0.05, 0) is 31.4 Å². The predicted octanol–water partition coefficient (Wildman–Crippen LogP) is 3.24. The summed E-state index contributed by atoms with van der Waals surface area (Å²) in [5.41, 5.74) is 2.87. The molecule has 0 saturated carbocycles. The molecule has 1 N–H and O–H groups in total. The number of benzene rings is 1. The number of hydrogen-bond acceptors (Lipinski definition) is 3. The Labute approximate surface area is 145 Å². The van der Waals surface area contributed by atoms with E-state index in [1.54, 1.807) is 0 Å². The van der Waals surface area contributed by atoms with Gasteiger partial charge in [0.15, 0.2) is 5.69 Å². The molecule has 0 radical (unpaired) electrons. The number of carbonyl (C=O) groups excluding carboxylic acids is 1. The molecule has 0 bridgehead atoms. The van der Waals surface area contributed by atoms with Crippen LogP contribution in [0, 0.1) is 0 Å². The zero-order chi connectivity index (χ0) is 16.5. The van der Waals surface area contributed by atoms with Crippen LogP contribution in [-0.2, 0) is 12.8 Å². The minimum absolute atomic E-state index is 0.0468. The third-order valence-corrected chi connectivity index (χ3v) is 5.18. The van der Waals surface area contributed by atoms with E-state index in [1.807, 2.05) is 29.2 Å². The predicted molar refractivity (Wildman–Crippen MR) is 91.6 cm³/mol. The Morgan fingerprint density at radius 2 is 2.04 bits per heavy atom. The van der Waals surface area contributed by atoms with Crippen molar-refractivity contribution in [2.45, 2.75) is 38.2 Å². The van der Waals surface area contributed by atoms with Gasteiger partial charge in [-0.15, -0.1) is 0 Å². The lowest BCUT2D eigenvalue weighted by Gasteiger charge is -2.32. The smallest absolute Gasteiger partial charge is 0.274 e. The van der Waals surface area contributed by atoms with Gasteiger partial charge in [-0.3, -0.25) is 9.89 Å². The number of halogens is 1. The van der Waals surface area contributed by atoms with E-state index >= 15 is 0 Å². The van der Waals surface area contributed by atoms with Crippen molar-refractivity contribution < 1.29 is 9.53 Å². The molecule has 1 aliphatic heterocycles. The number of ether oxygens (including phenoxy) is 1. The molecule has 2 aliphatic rings. The molecule has 5 nitrogen and oxygen atoms in total. The average Bonchev–Trinajstić information content (AvgIpc) is 3.20. The molecule has 1 saturated heterocycles. The van der Waals surface area contributed by atoms with E-state index in [9.17, 15) is 4.79 Å². The number of aryl methyl sites for hydroxylation is 1. The first-order valence-electron chi connectivity index (χ1n) is 8.49. The van der Waals surface area contributed by atoms with Crippen molar-refractivity contribution in [3.63, 3.8) is 0 Å². The Morgan fingerprint density at radius 1 is 1.25 bits per heavy atom. The summed E-state index contributed by atoms with van der Waals surface area (Å²) in [6.45, 7) is 1.38. The molecular formula is C18H20ClN3O2. The maximum atomic E-state index is 12.7. The van der Waals surface area contributed by atoms with Crippen molar-refractivity contribution >= 4 is 17.5 Å². The Bertz CT molecular complexity index is 750. The maximum Gasteiger partial charge on any atom is 0.274 e. The van der Waals surface area contributed by atoms with E-state index in [2.05, 4.69) is 10.2 Å². The van der Waals surface area contributed by atoms with Crippen LogP contribution in [0.4, 0.5) is 0 Å². The topological polar surface area (TPSA) is 58.2 Å². The van der Waals surface area contributed by atoms with Crippen molar-refractivity contribution in [1.82, 2.24) is 15.1 Å². The molecule has 1 fully saturated rings. The van der Waals surface area contributed by atoms with Crippen LogP contribution in [0.5, 0.6) is 5.75 Å². The van der Waals surface area contributed by atoms with Crippen molar-refractivity contribution in [3.05, 3.63) is 46.2 Å². The van der Waals surface area contributed by atoms with E-state index in [-0.39, 0.29) is 12.0 Å². The minimum Gasteiger partial charge on any atom is -0.489 e. The number of nitrogens with zero attached hydrogens (tertiary/aromatic N) is 2. The monoisotopic (exact) mass is 345 g/mol. The maximum absolute atomic E-state index is 12.7. The van der Waals surface area contributed by atoms with Gasteiger partial charge in [0, 0.05) is 37.2 Å². The summed E-state index contributed by atoms with van der Waals surface area (Å²) in [6.07, 6.45) is 4.78. The van der Waals surface area contributed by atoms with Crippen LogP contribution in [0.1, 0.15) is 41.0 Å². The summed E-state index contributed by atoms with van der Waals surface area (Å²) < 4.78 is 5.99. The van der Waals surface area contributed by atoms with E-state index in [0.29, 0.717) is 29.6 Å². The Balaban J connectivity index is 1.37. The van der Waals surface area contributed by atoms with Gasteiger partial charge < -0.3 is 9.64 Å². The first-order valence-corrected chi connectivity index (χ1v) is 8.87. The summed E-state index contributed by atoms with van der Waals surface area (Å²) in [5.74, 6) is 0.764. The van der Waals surface area contributed by atoms with Gasteiger partial charge in [0.25, 0.3) is 5.91 Å². The second-order valence-corrected chi connectivity index (χ2v) is 6.83. The Hall–Kier alpha value is -2.01. The number of aromatic nitrogens is 2. The van der Waals surface area contributed by atoms with Crippen LogP contribution in [0.15, 0.2) is 24.3 Å². The summed E-state index contributed by atoms with van der Waals surface area (Å²) >= 11 is 6.14. The highest BCUT2D eigenvalue weighted by Gasteiger charge is 2.30. The normalized spacial score (nSPS) is 17.8. The molecule has 6 heteroatoms. The number of amides is 1. The van der Waals surface area contributed by atoms with Gasteiger partial charge in [0.05, 0.1) is 5.02 Å². The highest BCUT2D eigenvalue weighted by atomic mass is 35.5. The number of hydrogen-bond donors (Lipinski definition) is 1. The van der Waals surface area contributed by atoms with Crippen molar-refractivity contribution in [1.29, 1.82) is 0 Å². The lowest BCUT2D eigenvalue weighted by atomic mass is 10.1. The molecule has 1 aliphatic carbocycles. The number of nitrogens with one attached hydrogen (secondary N) is 1. The van der Waals surface area contributed by atoms with E-state index in [0.717, 1.165) is 43.4 Å². The number of likely N-dealkylation sites (tertiary alicyclic amines) is 1. The largest absolute Gasteiger partial charge is 0.489 e. The third kappa shape index (κ3) is 2.88. The average molecular weight is 346 g/mol. The van der Waals surface area contributed by atoms with Crippen LogP contribution >= 0.6 is 11.6 Å². The molecule has 2 heterocycles. The van der Waals surface area contributed by atoms with E-state index < -0.39 is 0 Å². The number of carbonyl (C=O) groups is 1. The summed E-state index contributed by atoms with van der Waals surface area (Å²) in [4.78, 5) is 14.6. The van der Waals surface area contributed by atoms with Crippen molar-refractivity contribution in [3.8, 4) is 5.75 Å². The first-order chi connectivity index (χ1) is 11.7. The highest BCUT2D eigenvalue weighted by molar-refractivity contribution is 6.32. The summed E-state index contributed by atoms with van der Waals surface area (Å²) in [5, 5.41) is 7.89. The third-order valence-electron chi connectivity index (χ3n) is 4.87. The fourth-order valence-corrected chi connectivity index (χ4v) is 3.72. The van der Waals surface area contributed by atoms with Gasteiger partial charge in [0.1, 0.15) is 11.9 Å². The van der Waals surface area contributed by atoms with Gasteiger partial charge in [-0.2, -0.15) is 5.10 Å². The first kappa shape index (κ1) is 15.5.